The molecular formula is C17H18N2O2S. The van der Waals surface area contributed by atoms with E-state index in [1.807, 2.05) is 24.5 Å². The van der Waals surface area contributed by atoms with Gasteiger partial charge in [-0.1, -0.05) is 18.2 Å². The summed E-state index contributed by atoms with van der Waals surface area (Å²) in [5.74, 6) is -0.816. The molecule has 0 fully saturated rings. The van der Waals surface area contributed by atoms with Crippen molar-refractivity contribution in [1.82, 2.24) is 10.2 Å². The van der Waals surface area contributed by atoms with Gasteiger partial charge in [-0.05, 0) is 49.6 Å². The number of aromatic nitrogens is 2. The number of thioether (sulfide) groups is 1. The highest BCUT2D eigenvalue weighted by Crippen LogP contribution is 2.34. The topological polar surface area (TPSA) is 66.0 Å². The number of allylic oxidation sites excluding steroid dienone is 1. The summed E-state index contributed by atoms with van der Waals surface area (Å²) in [4.78, 5) is 12.6. The molecule has 22 heavy (non-hydrogen) atoms. The van der Waals surface area contributed by atoms with Gasteiger partial charge < -0.3 is 5.11 Å². The number of carboxylic acids is 1. The monoisotopic (exact) mass is 314 g/mol. The van der Waals surface area contributed by atoms with E-state index in [9.17, 15) is 9.90 Å². The zero-order chi connectivity index (χ0) is 15.5. The maximum absolute atomic E-state index is 11.4. The minimum atomic E-state index is -0.816. The third-order valence-corrected chi connectivity index (χ3v) is 4.81. The summed E-state index contributed by atoms with van der Waals surface area (Å²) >= 11 is 1.69. The maximum Gasteiger partial charge on any atom is 0.331 e. The number of aromatic amines is 1. The minimum absolute atomic E-state index is 0.516. The molecule has 0 spiro atoms. The van der Waals surface area contributed by atoms with Crippen LogP contribution in [0.2, 0.25) is 0 Å². The number of aliphatic carboxylic acids is 1. The molecule has 4 nitrogen and oxygen atoms in total. The summed E-state index contributed by atoms with van der Waals surface area (Å²) in [6.45, 7) is 0. The van der Waals surface area contributed by atoms with E-state index in [0.717, 1.165) is 41.8 Å². The van der Waals surface area contributed by atoms with Crippen molar-refractivity contribution < 1.29 is 9.90 Å². The quantitative estimate of drug-likeness (QED) is 0.830. The number of carboxylic acid groups (broad SMARTS) is 1. The van der Waals surface area contributed by atoms with E-state index in [-0.39, 0.29) is 0 Å². The van der Waals surface area contributed by atoms with E-state index >= 15 is 0 Å². The molecule has 3 rings (SSSR count). The molecule has 1 aliphatic carbocycles. The highest BCUT2D eigenvalue weighted by molar-refractivity contribution is 7.98. The van der Waals surface area contributed by atoms with Crippen molar-refractivity contribution in [2.75, 3.05) is 6.26 Å². The third kappa shape index (κ3) is 2.81. The minimum Gasteiger partial charge on any atom is -0.478 e. The highest BCUT2D eigenvalue weighted by Gasteiger charge is 2.21. The van der Waals surface area contributed by atoms with Crippen LogP contribution < -0.4 is 0 Å². The molecule has 1 aliphatic rings. The molecule has 5 heteroatoms. The molecule has 2 N–H and O–H groups in total. The fourth-order valence-electron chi connectivity index (χ4n) is 2.91. The lowest BCUT2D eigenvalue weighted by Gasteiger charge is -2.15. The molecule has 1 heterocycles. The van der Waals surface area contributed by atoms with Gasteiger partial charge in [0.15, 0.2) is 0 Å². The second kappa shape index (κ2) is 6.40. The first-order valence-electron chi connectivity index (χ1n) is 7.35. The molecular weight excluding hydrogens is 296 g/mol. The zero-order valence-corrected chi connectivity index (χ0v) is 13.2. The first-order valence-corrected chi connectivity index (χ1v) is 8.57. The Labute approximate surface area is 133 Å². The van der Waals surface area contributed by atoms with Crippen molar-refractivity contribution in [1.29, 1.82) is 0 Å². The van der Waals surface area contributed by atoms with Gasteiger partial charge in [-0.15, -0.1) is 11.8 Å². The standard InChI is InChI=1S/C17H18N2O2S/c1-22-16-9-5-4-8-13(16)15-10-14(18-19-15)11-6-2-3-7-12(11)17(20)21/h4-5,8-10H,2-3,6-7H2,1H3,(H,18,19)(H,20,21). The van der Waals surface area contributed by atoms with E-state index in [0.29, 0.717) is 12.0 Å². The number of nitrogens with one attached hydrogen (secondary N) is 1. The van der Waals surface area contributed by atoms with Crippen LogP contribution in [0.3, 0.4) is 0 Å². The Morgan fingerprint density at radius 2 is 2.05 bits per heavy atom. The van der Waals surface area contributed by atoms with Crippen LogP contribution in [0.1, 0.15) is 31.4 Å². The number of hydrogen-bond donors (Lipinski definition) is 2. The first-order chi connectivity index (χ1) is 10.7. The van der Waals surface area contributed by atoms with Crippen molar-refractivity contribution in [3.63, 3.8) is 0 Å². The van der Waals surface area contributed by atoms with Crippen molar-refractivity contribution in [3.8, 4) is 11.3 Å². The molecule has 0 amide bonds. The Morgan fingerprint density at radius 1 is 1.27 bits per heavy atom. The molecule has 0 saturated heterocycles. The van der Waals surface area contributed by atoms with Crippen LogP contribution in [-0.4, -0.2) is 27.5 Å². The number of benzene rings is 1. The van der Waals surface area contributed by atoms with Crippen molar-refractivity contribution in [2.24, 2.45) is 0 Å². The Morgan fingerprint density at radius 3 is 2.82 bits per heavy atom. The van der Waals surface area contributed by atoms with Crippen molar-refractivity contribution >= 4 is 23.3 Å². The van der Waals surface area contributed by atoms with Crippen LogP contribution in [-0.2, 0) is 4.79 Å². The van der Waals surface area contributed by atoms with Crippen LogP contribution in [0.5, 0.6) is 0 Å². The molecule has 114 valence electrons. The molecule has 0 radical (unpaired) electrons. The van der Waals surface area contributed by atoms with E-state index in [2.05, 4.69) is 22.3 Å². The summed E-state index contributed by atoms with van der Waals surface area (Å²) < 4.78 is 0. The second-order valence-corrected chi connectivity index (χ2v) is 6.18. The number of rotatable bonds is 4. The van der Waals surface area contributed by atoms with E-state index in [4.69, 9.17) is 0 Å². The number of nitrogens with zero attached hydrogens (tertiary/aromatic N) is 1. The Kier molecular flexibility index (Phi) is 4.34. The van der Waals surface area contributed by atoms with E-state index < -0.39 is 5.97 Å². The van der Waals surface area contributed by atoms with Crippen molar-refractivity contribution in [2.45, 2.75) is 30.6 Å². The predicted molar refractivity (Wildman–Crippen MR) is 88.8 cm³/mol. The average molecular weight is 314 g/mol. The maximum atomic E-state index is 11.4. The normalized spacial score (nSPS) is 15.1. The average Bonchev–Trinajstić information content (AvgIpc) is 3.04. The van der Waals surface area contributed by atoms with Gasteiger partial charge in [-0.25, -0.2) is 4.79 Å². The highest BCUT2D eigenvalue weighted by atomic mass is 32.2. The van der Waals surface area contributed by atoms with E-state index in [1.54, 1.807) is 11.8 Å². The van der Waals surface area contributed by atoms with Gasteiger partial charge in [-0.3, -0.25) is 5.10 Å². The summed E-state index contributed by atoms with van der Waals surface area (Å²) in [5.41, 5.74) is 4.19. The van der Waals surface area contributed by atoms with Gasteiger partial charge in [-0.2, -0.15) is 5.10 Å². The molecule has 1 aromatic heterocycles. The third-order valence-electron chi connectivity index (χ3n) is 4.01. The molecule has 2 aromatic rings. The molecule has 0 bridgehead atoms. The van der Waals surface area contributed by atoms with Gasteiger partial charge in [0, 0.05) is 16.0 Å². The van der Waals surface area contributed by atoms with Gasteiger partial charge in [0.05, 0.1) is 11.4 Å². The van der Waals surface area contributed by atoms with Gasteiger partial charge in [0.25, 0.3) is 0 Å². The summed E-state index contributed by atoms with van der Waals surface area (Å²) in [5, 5.41) is 16.8. The second-order valence-electron chi connectivity index (χ2n) is 5.34. The SMILES string of the molecule is CSc1ccccc1-c1cc(C2=C(C(=O)O)CCCC2)n[nH]1. The molecule has 0 aliphatic heterocycles. The largest absolute Gasteiger partial charge is 0.478 e. The van der Waals surface area contributed by atoms with Crippen molar-refractivity contribution in [3.05, 3.63) is 41.6 Å². The van der Waals surface area contributed by atoms with Gasteiger partial charge in [0.2, 0.25) is 0 Å². The summed E-state index contributed by atoms with van der Waals surface area (Å²) in [6, 6.07) is 10.1. The number of hydrogen-bond acceptors (Lipinski definition) is 3. The lowest BCUT2D eigenvalue weighted by atomic mass is 9.89. The first kappa shape index (κ1) is 14.9. The number of H-pyrrole nitrogens is 1. The molecule has 0 atom stereocenters. The van der Waals surface area contributed by atoms with Crippen LogP contribution in [0, 0.1) is 0 Å². The number of carbonyl (C=O) groups is 1. The van der Waals surface area contributed by atoms with Crippen LogP contribution in [0.25, 0.3) is 16.8 Å². The van der Waals surface area contributed by atoms with Crippen LogP contribution in [0.15, 0.2) is 40.8 Å². The smallest absolute Gasteiger partial charge is 0.331 e. The van der Waals surface area contributed by atoms with Gasteiger partial charge >= 0.3 is 5.97 Å². The zero-order valence-electron chi connectivity index (χ0n) is 12.4. The lowest BCUT2D eigenvalue weighted by Crippen LogP contribution is -2.08. The molecule has 0 saturated carbocycles. The predicted octanol–water partition coefficient (Wildman–Crippen LogP) is 4.21. The molecule has 1 aromatic carbocycles. The lowest BCUT2D eigenvalue weighted by molar-refractivity contribution is -0.132. The summed E-state index contributed by atoms with van der Waals surface area (Å²) in [7, 11) is 0. The van der Waals surface area contributed by atoms with Crippen LogP contribution in [0.4, 0.5) is 0 Å². The fraction of sp³-hybridized carbons (Fsp3) is 0.294. The van der Waals surface area contributed by atoms with E-state index in [1.165, 1.54) is 4.90 Å². The van der Waals surface area contributed by atoms with Crippen LogP contribution >= 0.6 is 11.8 Å². The van der Waals surface area contributed by atoms with Gasteiger partial charge in [0.1, 0.15) is 0 Å². The molecule has 0 unspecified atom stereocenters. The summed E-state index contributed by atoms with van der Waals surface area (Å²) in [6.07, 6.45) is 5.43. The Hall–Kier alpha value is -2.01. The Balaban J connectivity index is 2.02. The fourth-order valence-corrected chi connectivity index (χ4v) is 3.52. The Bertz CT molecular complexity index is 734.